The average molecular weight is 391 g/mol. The molecule has 0 saturated heterocycles. The predicted molar refractivity (Wildman–Crippen MR) is 112 cm³/mol. The lowest BCUT2D eigenvalue weighted by Gasteiger charge is -2.15. The summed E-state index contributed by atoms with van der Waals surface area (Å²) in [6, 6.07) is 5.57. The Morgan fingerprint density at radius 1 is 0.931 bits per heavy atom. The van der Waals surface area contributed by atoms with E-state index in [-0.39, 0.29) is 5.56 Å². The summed E-state index contributed by atoms with van der Waals surface area (Å²) in [5.41, 5.74) is 9.65. The molecule has 0 amide bonds. The zero-order chi connectivity index (χ0) is 20.7. The minimum absolute atomic E-state index is 0.122. The molecule has 0 aliphatic heterocycles. The number of fused-ring (bicyclic) bond motifs is 1. The van der Waals surface area contributed by atoms with Crippen LogP contribution in [0.25, 0.3) is 33.2 Å². The van der Waals surface area contributed by atoms with E-state index in [1.807, 2.05) is 31.4 Å². The third kappa shape index (κ3) is 3.08. The number of aromatic nitrogens is 4. The first-order valence-corrected chi connectivity index (χ1v) is 8.93. The van der Waals surface area contributed by atoms with Gasteiger partial charge < -0.3 is 19.8 Å². The molecule has 3 aromatic heterocycles. The van der Waals surface area contributed by atoms with Crippen molar-refractivity contribution >= 4 is 16.5 Å². The van der Waals surface area contributed by atoms with E-state index in [9.17, 15) is 4.79 Å². The van der Waals surface area contributed by atoms with E-state index < -0.39 is 0 Å². The van der Waals surface area contributed by atoms with E-state index in [0.29, 0.717) is 22.6 Å². The molecule has 0 bridgehead atoms. The van der Waals surface area contributed by atoms with E-state index in [1.54, 1.807) is 49.1 Å². The van der Waals surface area contributed by atoms with Crippen molar-refractivity contribution in [3.05, 3.63) is 53.3 Å². The highest BCUT2D eigenvalue weighted by Crippen LogP contribution is 2.39. The summed E-state index contributed by atoms with van der Waals surface area (Å²) < 4.78 is 14.1. The topological polar surface area (TPSA) is 97.2 Å². The molecule has 0 radical (unpaired) electrons. The van der Waals surface area contributed by atoms with Crippen molar-refractivity contribution in [2.45, 2.75) is 0 Å². The van der Waals surface area contributed by atoms with Crippen molar-refractivity contribution < 1.29 is 9.47 Å². The van der Waals surface area contributed by atoms with Gasteiger partial charge in [0.2, 0.25) is 0 Å². The fourth-order valence-electron chi connectivity index (χ4n) is 3.40. The van der Waals surface area contributed by atoms with Gasteiger partial charge in [-0.3, -0.25) is 14.5 Å². The Labute approximate surface area is 167 Å². The SMILES string of the molecule is COc1cc(-c2cn(C)c(=O)c3cnc(-c4cnn(C)c4)cc23)cc(OC)c1N. The Balaban J connectivity index is 2.03. The van der Waals surface area contributed by atoms with Crippen molar-refractivity contribution in [3.8, 4) is 33.9 Å². The summed E-state index contributed by atoms with van der Waals surface area (Å²) in [6.07, 6.45) is 7.02. The number of nitrogen functional groups attached to an aromatic ring is 1. The van der Waals surface area contributed by atoms with Gasteiger partial charge >= 0.3 is 0 Å². The summed E-state index contributed by atoms with van der Waals surface area (Å²) >= 11 is 0. The van der Waals surface area contributed by atoms with E-state index >= 15 is 0 Å². The Kier molecular flexibility index (Phi) is 4.46. The van der Waals surface area contributed by atoms with Crippen LogP contribution in [0.3, 0.4) is 0 Å². The molecule has 3 heterocycles. The Morgan fingerprint density at radius 3 is 2.21 bits per heavy atom. The van der Waals surface area contributed by atoms with Crippen molar-refractivity contribution in [3.63, 3.8) is 0 Å². The minimum Gasteiger partial charge on any atom is -0.494 e. The van der Waals surface area contributed by atoms with Gasteiger partial charge in [0, 0.05) is 49.2 Å². The fourth-order valence-corrected chi connectivity index (χ4v) is 3.40. The minimum atomic E-state index is -0.122. The van der Waals surface area contributed by atoms with Gasteiger partial charge in [-0.15, -0.1) is 0 Å². The lowest BCUT2D eigenvalue weighted by Crippen LogP contribution is -2.17. The maximum atomic E-state index is 12.7. The molecule has 0 spiro atoms. The summed E-state index contributed by atoms with van der Waals surface area (Å²) in [7, 11) is 6.67. The monoisotopic (exact) mass is 391 g/mol. The molecule has 148 valence electrons. The molecule has 4 rings (SSSR count). The number of benzene rings is 1. The van der Waals surface area contributed by atoms with Crippen LogP contribution in [0.15, 0.2) is 47.8 Å². The zero-order valence-electron chi connectivity index (χ0n) is 16.6. The summed E-state index contributed by atoms with van der Waals surface area (Å²) in [6.45, 7) is 0. The van der Waals surface area contributed by atoms with Gasteiger partial charge in [0.05, 0.1) is 31.5 Å². The van der Waals surface area contributed by atoms with Crippen molar-refractivity contribution in [2.75, 3.05) is 20.0 Å². The van der Waals surface area contributed by atoms with Crippen molar-refractivity contribution in [1.29, 1.82) is 0 Å². The molecule has 4 aromatic rings. The summed E-state index contributed by atoms with van der Waals surface area (Å²) in [5.74, 6) is 1.01. The predicted octanol–water partition coefficient (Wildman–Crippen LogP) is 2.60. The van der Waals surface area contributed by atoms with E-state index in [4.69, 9.17) is 15.2 Å². The van der Waals surface area contributed by atoms with Crippen molar-refractivity contribution in [1.82, 2.24) is 19.3 Å². The van der Waals surface area contributed by atoms with Crippen LogP contribution in [0.2, 0.25) is 0 Å². The van der Waals surface area contributed by atoms with Crippen LogP contribution >= 0.6 is 0 Å². The fraction of sp³-hybridized carbons (Fsp3) is 0.190. The van der Waals surface area contributed by atoms with Crippen LogP contribution in [0, 0.1) is 0 Å². The van der Waals surface area contributed by atoms with Crippen LogP contribution in [0.4, 0.5) is 5.69 Å². The molecule has 0 atom stereocenters. The van der Waals surface area contributed by atoms with Gasteiger partial charge in [0.25, 0.3) is 5.56 Å². The Morgan fingerprint density at radius 2 is 1.62 bits per heavy atom. The first kappa shape index (κ1) is 18.5. The quantitative estimate of drug-likeness (QED) is 0.537. The maximum Gasteiger partial charge on any atom is 0.259 e. The van der Waals surface area contributed by atoms with Crippen LogP contribution in [0.1, 0.15) is 0 Å². The zero-order valence-corrected chi connectivity index (χ0v) is 16.6. The average Bonchev–Trinajstić information content (AvgIpc) is 3.17. The molecular weight excluding hydrogens is 370 g/mol. The van der Waals surface area contributed by atoms with Crippen LogP contribution in [-0.2, 0) is 14.1 Å². The smallest absolute Gasteiger partial charge is 0.259 e. The molecule has 0 fully saturated rings. The molecule has 0 unspecified atom stereocenters. The van der Waals surface area contributed by atoms with Gasteiger partial charge in [-0.25, -0.2) is 0 Å². The number of rotatable bonds is 4. The number of pyridine rings is 2. The van der Waals surface area contributed by atoms with Crippen molar-refractivity contribution in [2.24, 2.45) is 14.1 Å². The number of methoxy groups -OCH3 is 2. The third-order valence-electron chi connectivity index (χ3n) is 4.92. The van der Waals surface area contributed by atoms with E-state index in [0.717, 1.165) is 27.8 Å². The maximum absolute atomic E-state index is 12.7. The number of hydrogen-bond acceptors (Lipinski definition) is 6. The van der Waals surface area contributed by atoms with Crippen LogP contribution in [-0.4, -0.2) is 33.6 Å². The van der Waals surface area contributed by atoms with E-state index in [2.05, 4.69) is 10.1 Å². The summed E-state index contributed by atoms with van der Waals surface area (Å²) in [4.78, 5) is 17.2. The lowest BCUT2D eigenvalue weighted by atomic mass is 9.99. The molecule has 0 aliphatic carbocycles. The second-order valence-electron chi connectivity index (χ2n) is 6.77. The van der Waals surface area contributed by atoms with Gasteiger partial charge in [-0.2, -0.15) is 5.10 Å². The van der Waals surface area contributed by atoms with Crippen LogP contribution < -0.4 is 20.8 Å². The molecule has 0 aliphatic rings. The number of anilines is 1. The number of nitrogens with two attached hydrogens (primary N) is 1. The number of aryl methyl sites for hydroxylation is 2. The second kappa shape index (κ2) is 6.97. The van der Waals surface area contributed by atoms with E-state index in [1.165, 1.54) is 0 Å². The third-order valence-corrected chi connectivity index (χ3v) is 4.92. The van der Waals surface area contributed by atoms with Gasteiger partial charge in [-0.05, 0) is 23.8 Å². The number of hydrogen-bond donors (Lipinski definition) is 1. The van der Waals surface area contributed by atoms with Crippen LogP contribution in [0.5, 0.6) is 11.5 Å². The largest absolute Gasteiger partial charge is 0.494 e. The highest BCUT2D eigenvalue weighted by atomic mass is 16.5. The highest BCUT2D eigenvalue weighted by Gasteiger charge is 2.16. The first-order chi connectivity index (χ1) is 13.9. The highest BCUT2D eigenvalue weighted by molar-refractivity contribution is 5.98. The second-order valence-corrected chi connectivity index (χ2v) is 6.77. The van der Waals surface area contributed by atoms with Gasteiger partial charge in [0.1, 0.15) is 17.2 Å². The standard InChI is InChI=1S/C21H21N5O3/c1-25-11-16(12-5-18(28-3)20(22)19(6-12)29-4)14-7-17(13-8-24-26(2)10-13)23-9-15(14)21(25)27/h5-11H,22H2,1-4H3. The van der Waals surface area contributed by atoms with Gasteiger partial charge in [0.15, 0.2) is 0 Å². The lowest BCUT2D eigenvalue weighted by molar-refractivity contribution is 0.399. The molecule has 29 heavy (non-hydrogen) atoms. The number of ether oxygens (including phenoxy) is 2. The Hall–Kier alpha value is -3.81. The summed E-state index contributed by atoms with van der Waals surface area (Å²) in [5, 5.41) is 5.50. The normalized spacial score (nSPS) is 11.0. The molecule has 0 saturated carbocycles. The molecule has 2 N–H and O–H groups in total. The molecule has 8 heteroatoms. The molecule has 1 aromatic carbocycles. The number of nitrogens with zero attached hydrogens (tertiary/aromatic N) is 4. The Bertz CT molecular complexity index is 1260. The molecule has 8 nitrogen and oxygen atoms in total. The first-order valence-electron chi connectivity index (χ1n) is 8.93. The van der Waals surface area contributed by atoms with Gasteiger partial charge in [-0.1, -0.05) is 0 Å². The molecular formula is C21H21N5O3.